The van der Waals surface area contributed by atoms with Crippen molar-refractivity contribution in [1.82, 2.24) is 19.7 Å². The van der Waals surface area contributed by atoms with Crippen molar-refractivity contribution in [3.05, 3.63) is 72.2 Å². The summed E-state index contributed by atoms with van der Waals surface area (Å²) in [4.78, 5) is 8.67. The minimum absolute atomic E-state index is 0.669. The lowest BCUT2D eigenvalue weighted by Gasteiger charge is -2.06. The number of aryl methyl sites for hydroxylation is 2. The van der Waals surface area contributed by atoms with Crippen LogP contribution in [0, 0.1) is 13.8 Å². The Labute approximate surface area is 140 Å². The molecule has 5 heteroatoms. The van der Waals surface area contributed by atoms with Crippen LogP contribution in [0.2, 0.25) is 0 Å². The number of aromatic nitrogens is 4. The first-order chi connectivity index (χ1) is 11.7. The summed E-state index contributed by atoms with van der Waals surface area (Å²) in [7, 11) is 0. The highest BCUT2D eigenvalue weighted by Gasteiger charge is 2.10. The number of nitrogens with one attached hydrogen (secondary N) is 1. The number of benzene rings is 2. The van der Waals surface area contributed by atoms with E-state index < -0.39 is 0 Å². The second-order valence-corrected chi connectivity index (χ2v) is 5.81. The standard InChI is InChI=1S/C19H17N5/c1-13-7-9-15(10-8-13)22-18-16-11-24(23-19(16)21-12-20-18)17-6-4-3-5-14(17)2/h3-12H,1-2H3,(H,20,21,22,23). The fourth-order valence-corrected chi connectivity index (χ4v) is 2.66. The molecule has 2 aromatic carbocycles. The van der Waals surface area contributed by atoms with Crippen LogP contribution in [0.25, 0.3) is 16.7 Å². The van der Waals surface area contributed by atoms with Crippen LogP contribution in [-0.4, -0.2) is 19.7 Å². The van der Waals surface area contributed by atoms with Gasteiger partial charge in [-0.25, -0.2) is 14.6 Å². The highest BCUT2D eigenvalue weighted by Crippen LogP contribution is 2.24. The van der Waals surface area contributed by atoms with E-state index in [9.17, 15) is 0 Å². The third kappa shape index (κ3) is 2.60. The van der Waals surface area contributed by atoms with E-state index in [0.29, 0.717) is 5.65 Å². The van der Waals surface area contributed by atoms with Crippen LogP contribution >= 0.6 is 0 Å². The average Bonchev–Trinajstić information content (AvgIpc) is 3.02. The Morgan fingerprint density at radius 2 is 1.71 bits per heavy atom. The Morgan fingerprint density at radius 1 is 0.917 bits per heavy atom. The van der Waals surface area contributed by atoms with Crippen LogP contribution in [0.15, 0.2) is 61.1 Å². The number of nitrogens with zero attached hydrogens (tertiary/aromatic N) is 4. The molecule has 0 aliphatic heterocycles. The predicted molar refractivity (Wildman–Crippen MR) is 95.9 cm³/mol. The molecular weight excluding hydrogens is 298 g/mol. The maximum atomic E-state index is 4.59. The Hall–Kier alpha value is -3.21. The van der Waals surface area contributed by atoms with Gasteiger partial charge in [0, 0.05) is 11.9 Å². The molecule has 0 bridgehead atoms. The van der Waals surface area contributed by atoms with Gasteiger partial charge in [-0.05, 0) is 37.6 Å². The van der Waals surface area contributed by atoms with Crippen molar-refractivity contribution in [3.63, 3.8) is 0 Å². The lowest BCUT2D eigenvalue weighted by atomic mass is 10.2. The van der Waals surface area contributed by atoms with E-state index in [1.807, 2.05) is 41.2 Å². The van der Waals surface area contributed by atoms with Gasteiger partial charge in [0.2, 0.25) is 0 Å². The highest BCUT2D eigenvalue weighted by atomic mass is 15.3. The van der Waals surface area contributed by atoms with Gasteiger partial charge in [0.25, 0.3) is 0 Å². The van der Waals surface area contributed by atoms with E-state index in [1.54, 1.807) is 0 Å². The summed E-state index contributed by atoms with van der Waals surface area (Å²) in [6.45, 7) is 4.14. The minimum Gasteiger partial charge on any atom is -0.340 e. The van der Waals surface area contributed by atoms with E-state index in [0.717, 1.165) is 28.1 Å². The van der Waals surface area contributed by atoms with Gasteiger partial charge in [-0.15, -0.1) is 5.10 Å². The Bertz CT molecular complexity index is 1000. The molecule has 0 spiro atoms. The molecule has 0 saturated heterocycles. The van der Waals surface area contributed by atoms with E-state index in [1.165, 1.54) is 11.9 Å². The summed E-state index contributed by atoms with van der Waals surface area (Å²) in [6.07, 6.45) is 3.50. The molecule has 0 fully saturated rings. The molecule has 0 saturated carbocycles. The first-order valence-corrected chi connectivity index (χ1v) is 7.81. The molecule has 0 atom stereocenters. The van der Waals surface area contributed by atoms with Gasteiger partial charge in [-0.3, -0.25) is 0 Å². The zero-order valence-corrected chi connectivity index (χ0v) is 13.6. The average molecular weight is 315 g/mol. The summed E-state index contributed by atoms with van der Waals surface area (Å²) < 4.78 is 1.86. The maximum Gasteiger partial charge on any atom is 0.186 e. The molecule has 4 aromatic rings. The summed E-state index contributed by atoms with van der Waals surface area (Å²) in [6, 6.07) is 16.3. The van der Waals surface area contributed by atoms with Crippen LogP contribution < -0.4 is 5.32 Å². The molecule has 0 aliphatic carbocycles. The van der Waals surface area contributed by atoms with Crippen molar-refractivity contribution in [2.75, 3.05) is 5.32 Å². The number of anilines is 2. The minimum atomic E-state index is 0.669. The van der Waals surface area contributed by atoms with Crippen LogP contribution in [0.5, 0.6) is 0 Å². The number of hydrogen-bond donors (Lipinski definition) is 1. The molecule has 0 unspecified atom stereocenters. The normalized spacial score (nSPS) is 10.9. The van der Waals surface area contributed by atoms with Gasteiger partial charge in [0.1, 0.15) is 12.1 Å². The SMILES string of the molecule is Cc1ccc(Nc2ncnc3nn(-c4ccccc4C)cc23)cc1. The third-order valence-corrected chi connectivity index (χ3v) is 3.99. The zero-order valence-electron chi connectivity index (χ0n) is 13.6. The van der Waals surface area contributed by atoms with Gasteiger partial charge in [-0.1, -0.05) is 35.9 Å². The zero-order chi connectivity index (χ0) is 16.5. The number of fused-ring (bicyclic) bond motifs is 1. The second-order valence-electron chi connectivity index (χ2n) is 5.81. The first kappa shape index (κ1) is 14.4. The molecule has 0 aliphatic rings. The smallest absolute Gasteiger partial charge is 0.186 e. The van der Waals surface area contributed by atoms with Gasteiger partial charge in [-0.2, -0.15) is 0 Å². The van der Waals surface area contributed by atoms with E-state index in [2.05, 4.69) is 52.4 Å². The van der Waals surface area contributed by atoms with E-state index in [4.69, 9.17) is 0 Å². The summed E-state index contributed by atoms with van der Waals surface area (Å²) >= 11 is 0. The predicted octanol–water partition coefficient (Wildman–Crippen LogP) is 4.18. The summed E-state index contributed by atoms with van der Waals surface area (Å²) in [5, 5.41) is 8.82. The molecule has 0 amide bonds. The fourth-order valence-electron chi connectivity index (χ4n) is 2.66. The van der Waals surface area contributed by atoms with Crippen molar-refractivity contribution in [1.29, 1.82) is 0 Å². The van der Waals surface area contributed by atoms with Crippen molar-refractivity contribution in [2.24, 2.45) is 0 Å². The quantitative estimate of drug-likeness (QED) is 0.616. The molecular formula is C19H17N5. The molecule has 118 valence electrons. The molecule has 0 radical (unpaired) electrons. The van der Waals surface area contributed by atoms with Crippen LogP contribution in [0.1, 0.15) is 11.1 Å². The molecule has 24 heavy (non-hydrogen) atoms. The Balaban J connectivity index is 1.77. The fraction of sp³-hybridized carbons (Fsp3) is 0.105. The van der Waals surface area contributed by atoms with Crippen molar-refractivity contribution in [3.8, 4) is 5.69 Å². The Kier molecular flexibility index (Phi) is 3.46. The number of para-hydroxylation sites is 1. The molecule has 1 N–H and O–H groups in total. The van der Waals surface area contributed by atoms with Gasteiger partial charge < -0.3 is 5.32 Å². The molecule has 4 rings (SSSR count). The highest BCUT2D eigenvalue weighted by molar-refractivity contribution is 5.88. The maximum absolute atomic E-state index is 4.59. The third-order valence-electron chi connectivity index (χ3n) is 3.99. The first-order valence-electron chi connectivity index (χ1n) is 7.81. The lowest BCUT2D eigenvalue weighted by molar-refractivity contribution is 0.881. The van der Waals surface area contributed by atoms with E-state index in [-0.39, 0.29) is 0 Å². The largest absolute Gasteiger partial charge is 0.340 e. The molecule has 2 heterocycles. The van der Waals surface area contributed by atoms with Gasteiger partial charge >= 0.3 is 0 Å². The van der Waals surface area contributed by atoms with Gasteiger partial charge in [0.05, 0.1) is 11.1 Å². The summed E-state index contributed by atoms with van der Waals surface area (Å²) in [5.74, 6) is 0.753. The summed E-state index contributed by atoms with van der Waals surface area (Å²) in [5.41, 5.74) is 5.08. The van der Waals surface area contributed by atoms with Crippen LogP contribution in [-0.2, 0) is 0 Å². The van der Waals surface area contributed by atoms with Gasteiger partial charge in [0.15, 0.2) is 5.65 Å². The monoisotopic (exact) mass is 315 g/mol. The Morgan fingerprint density at radius 3 is 2.50 bits per heavy atom. The molecule has 2 aromatic heterocycles. The second kappa shape index (κ2) is 5.77. The number of hydrogen-bond acceptors (Lipinski definition) is 4. The van der Waals surface area contributed by atoms with Crippen molar-refractivity contribution in [2.45, 2.75) is 13.8 Å². The number of rotatable bonds is 3. The van der Waals surface area contributed by atoms with Crippen LogP contribution in [0.4, 0.5) is 11.5 Å². The van der Waals surface area contributed by atoms with Crippen molar-refractivity contribution < 1.29 is 0 Å². The van der Waals surface area contributed by atoms with Crippen molar-refractivity contribution >= 4 is 22.5 Å². The topological polar surface area (TPSA) is 55.6 Å². The van der Waals surface area contributed by atoms with E-state index >= 15 is 0 Å². The lowest BCUT2D eigenvalue weighted by Crippen LogP contribution is -1.96. The molecule has 5 nitrogen and oxygen atoms in total. The van der Waals surface area contributed by atoms with Crippen LogP contribution in [0.3, 0.4) is 0 Å².